The quantitative estimate of drug-likeness (QED) is 0.252. The van der Waals surface area contributed by atoms with Gasteiger partial charge in [-0.1, -0.05) is 28.5 Å². The van der Waals surface area contributed by atoms with Gasteiger partial charge in [-0.25, -0.2) is 0 Å². The van der Waals surface area contributed by atoms with E-state index in [0.29, 0.717) is 12.2 Å². The number of nitrogens with one attached hydrogen (secondary N) is 3. The summed E-state index contributed by atoms with van der Waals surface area (Å²) in [6, 6.07) is -1.88. The third-order valence-corrected chi connectivity index (χ3v) is 6.51. The zero-order valence-electron chi connectivity index (χ0n) is 15.7. The van der Waals surface area contributed by atoms with Crippen LogP contribution in [0.15, 0.2) is 0 Å². The molecule has 0 radical (unpaired) electrons. The van der Waals surface area contributed by atoms with Gasteiger partial charge in [-0.3, -0.25) is 24.0 Å². The molecule has 10 nitrogen and oxygen atoms in total. The van der Waals surface area contributed by atoms with Crippen LogP contribution in [-0.2, 0) is 24.0 Å². The number of amides is 4. The van der Waals surface area contributed by atoms with Crippen LogP contribution in [-0.4, -0.2) is 70.8 Å². The summed E-state index contributed by atoms with van der Waals surface area (Å²) in [7, 11) is 2.57. The van der Waals surface area contributed by atoms with E-state index in [9.17, 15) is 29.1 Å². The van der Waals surface area contributed by atoms with Crippen LogP contribution in [0.3, 0.4) is 0 Å². The van der Waals surface area contributed by atoms with Crippen LogP contribution in [0.25, 0.3) is 0 Å². The van der Waals surface area contributed by atoms with Crippen LogP contribution in [0.2, 0.25) is 0 Å². The van der Waals surface area contributed by atoms with Crippen LogP contribution < -0.4 is 21.7 Å². The number of aliphatic hydroxyl groups excluding tert-OH is 1. The number of rotatable bonds is 5. The Balaban J connectivity index is 3.03. The van der Waals surface area contributed by atoms with E-state index < -0.39 is 60.7 Å². The normalized spacial score (nSPS) is 26.2. The molecule has 0 saturated carbocycles. The fourth-order valence-corrected chi connectivity index (χ4v) is 4.97. The minimum Gasteiger partial charge on any atom is -0.391 e. The second-order valence-corrected chi connectivity index (χ2v) is 8.88. The number of Topliss-reactive ketones (excluding diaryl/α,β-unsaturated/α-hetero) is 1. The van der Waals surface area contributed by atoms with Gasteiger partial charge in [0, 0.05) is 11.5 Å². The van der Waals surface area contributed by atoms with E-state index in [1.807, 2.05) is 0 Å². The summed E-state index contributed by atoms with van der Waals surface area (Å²) < 4.78 is 0. The number of nitrogens with two attached hydrogens (primary N) is 1. The summed E-state index contributed by atoms with van der Waals surface area (Å²) in [6.45, 7) is 2.59. The monoisotopic (exact) mass is 434 g/mol. The fraction of sp³-hybridized carbons (Fsp3) is 0.688. The lowest BCUT2D eigenvalue weighted by atomic mass is 10.1. The summed E-state index contributed by atoms with van der Waals surface area (Å²) in [5, 5.41) is 17.5. The number of hydrogen-bond acceptors (Lipinski definition) is 8. The molecule has 0 aromatic carbocycles. The van der Waals surface area contributed by atoms with E-state index in [4.69, 9.17) is 5.73 Å². The molecule has 1 fully saturated rings. The molecule has 4 atom stereocenters. The largest absolute Gasteiger partial charge is 0.391 e. The first kappa shape index (κ1) is 24.2. The van der Waals surface area contributed by atoms with Crippen LogP contribution in [0.4, 0.5) is 0 Å². The highest BCUT2D eigenvalue weighted by Gasteiger charge is 2.29. The van der Waals surface area contributed by atoms with Crippen molar-refractivity contribution >= 4 is 51.0 Å². The van der Waals surface area contributed by atoms with Gasteiger partial charge in [0.1, 0.15) is 17.7 Å². The van der Waals surface area contributed by atoms with Crippen LogP contribution in [0.5, 0.6) is 0 Å². The van der Waals surface area contributed by atoms with Gasteiger partial charge in [-0.2, -0.15) is 0 Å². The van der Waals surface area contributed by atoms with Gasteiger partial charge in [0.25, 0.3) is 0 Å². The maximum absolute atomic E-state index is 12.5. The Morgan fingerprint density at radius 1 is 1.18 bits per heavy atom. The topological polar surface area (TPSA) is 168 Å². The number of ketones is 1. The predicted molar refractivity (Wildman–Crippen MR) is 106 cm³/mol. The first-order valence-corrected chi connectivity index (χ1v) is 11.2. The Labute approximate surface area is 170 Å². The van der Waals surface area contributed by atoms with E-state index in [0.717, 1.165) is 0 Å². The Morgan fingerprint density at radius 2 is 1.82 bits per heavy atom. The second kappa shape index (κ2) is 11.9. The van der Waals surface area contributed by atoms with Crippen molar-refractivity contribution in [3.05, 3.63) is 0 Å². The molecular weight excluding hydrogens is 408 g/mol. The fourth-order valence-electron chi connectivity index (χ4n) is 2.38. The summed E-state index contributed by atoms with van der Waals surface area (Å²) in [5.74, 6) is -3.49. The van der Waals surface area contributed by atoms with Crippen molar-refractivity contribution in [2.24, 2.45) is 11.7 Å². The third kappa shape index (κ3) is 8.07. The van der Waals surface area contributed by atoms with E-state index in [2.05, 4.69) is 16.0 Å². The summed E-state index contributed by atoms with van der Waals surface area (Å²) >= 11 is 0. The lowest BCUT2D eigenvalue weighted by molar-refractivity contribution is -0.134. The highest BCUT2D eigenvalue weighted by molar-refractivity contribution is 8.76. The average molecular weight is 435 g/mol. The zero-order valence-corrected chi connectivity index (χ0v) is 17.4. The van der Waals surface area contributed by atoms with Crippen molar-refractivity contribution in [3.8, 4) is 0 Å². The molecule has 0 spiro atoms. The van der Waals surface area contributed by atoms with E-state index in [1.165, 1.54) is 28.5 Å². The van der Waals surface area contributed by atoms with Crippen LogP contribution in [0.1, 0.15) is 26.7 Å². The lowest BCUT2D eigenvalue weighted by Crippen LogP contribution is -2.55. The molecule has 0 aliphatic carbocycles. The van der Waals surface area contributed by atoms with Crippen molar-refractivity contribution < 1.29 is 29.1 Å². The second-order valence-electron chi connectivity index (χ2n) is 6.33. The predicted octanol–water partition coefficient (Wildman–Crippen LogP) is -1.68. The molecule has 1 aliphatic heterocycles. The molecule has 158 valence electrons. The molecule has 4 unspecified atom stereocenters. The molecular formula is C16H26N4O6S2. The SMILES string of the molecule is CCC(O)C1CSSCC(C(C)=O)C(=O)NCC(=O)NC(CC(N)=O)C(=O)N1. The van der Waals surface area contributed by atoms with E-state index >= 15 is 0 Å². The molecule has 1 rings (SSSR count). The van der Waals surface area contributed by atoms with Crippen molar-refractivity contribution in [3.63, 3.8) is 0 Å². The molecule has 6 N–H and O–H groups in total. The molecule has 4 amide bonds. The number of hydrogen-bond donors (Lipinski definition) is 5. The smallest absolute Gasteiger partial charge is 0.243 e. The maximum atomic E-state index is 12.5. The molecule has 1 saturated heterocycles. The van der Waals surface area contributed by atoms with E-state index in [-0.39, 0.29) is 11.5 Å². The molecule has 0 aromatic heterocycles. The molecule has 28 heavy (non-hydrogen) atoms. The van der Waals surface area contributed by atoms with Crippen molar-refractivity contribution in [2.75, 3.05) is 18.1 Å². The van der Waals surface area contributed by atoms with Gasteiger partial charge in [0.2, 0.25) is 23.6 Å². The van der Waals surface area contributed by atoms with Gasteiger partial charge in [-0.05, 0) is 13.3 Å². The summed E-state index contributed by atoms with van der Waals surface area (Å²) in [5.41, 5.74) is 5.15. The van der Waals surface area contributed by atoms with Crippen LogP contribution >= 0.6 is 21.6 Å². The first-order valence-electron chi connectivity index (χ1n) is 8.74. The Morgan fingerprint density at radius 3 is 2.39 bits per heavy atom. The summed E-state index contributed by atoms with van der Waals surface area (Å²) in [4.78, 5) is 59.8. The number of carbonyl (C=O) groups excluding carboxylic acids is 5. The van der Waals surface area contributed by atoms with E-state index in [1.54, 1.807) is 6.92 Å². The van der Waals surface area contributed by atoms with Crippen LogP contribution in [0, 0.1) is 5.92 Å². The number of aliphatic hydroxyl groups is 1. The van der Waals surface area contributed by atoms with Crippen molar-refractivity contribution in [1.82, 2.24) is 16.0 Å². The standard InChI is InChI=1S/C16H26N4O6S2/c1-3-12(22)11-7-28-27-6-9(8(2)21)15(25)18-5-14(24)19-10(4-13(17)23)16(26)20-11/h9-12,22H,3-7H2,1-2H3,(H2,17,23)(H,18,25)(H,19,24)(H,20,26). The Bertz CT molecular complexity index is 618. The van der Waals surface area contributed by atoms with Gasteiger partial charge in [0.15, 0.2) is 0 Å². The van der Waals surface area contributed by atoms with Gasteiger partial charge in [0.05, 0.1) is 25.1 Å². The minimum atomic E-state index is -1.24. The number of carbonyl (C=O) groups is 5. The third-order valence-electron chi connectivity index (χ3n) is 4.06. The molecule has 12 heteroatoms. The molecule has 1 heterocycles. The van der Waals surface area contributed by atoms with Gasteiger partial charge >= 0.3 is 0 Å². The van der Waals surface area contributed by atoms with Crippen molar-refractivity contribution in [1.29, 1.82) is 0 Å². The Kier molecular flexibility index (Phi) is 10.3. The Hall–Kier alpha value is -1.79. The zero-order chi connectivity index (χ0) is 21.3. The molecule has 1 aliphatic rings. The minimum absolute atomic E-state index is 0.195. The molecule has 0 bridgehead atoms. The molecule has 0 aromatic rings. The maximum Gasteiger partial charge on any atom is 0.243 e. The van der Waals surface area contributed by atoms with Gasteiger partial charge in [-0.15, -0.1) is 0 Å². The first-order chi connectivity index (χ1) is 13.1. The lowest BCUT2D eigenvalue weighted by Gasteiger charge is -2.26. The van der Waals surface area contributed by atoms with Crippen molar-refractivity contribution in [2.45, 2.75) is 44.9 Å². The highest BCUT2D eigenvalue weighted by Crippen LogP contribution is 2.26. The number of primary amides is 1. The van der Waals surface area contributed by atoms with Gasteiger partial charge < -0.3 is 26.8 Å². The average Bonchev–Trinajstić information content (AvgIpc) is 2.62. The summed E-state index contributed by atoms with van der Waals surface area (Å²) in [6.07, 6.45) is -0.901. The highest BCUT2D eigenvalue weighted by atomic mass is 33.1.